The van der Waals surface area contributed by atoms with Gasteiger partial charge in [-0.1, -0.05) is 29.4 Å². The van der Waals surface area contributed by atoms with Crippen molar-refractivity contribution in [2.24, 2.45) is 0 Å². The number of halogens is 1. The lowest BCUT2D eigenvalue weighted by molar-refractivity contribution is -0.142. The highest BCUT2D eigenvalue weighted by molar-refractivity contribution is 7.99. The molecule has 1 aromatic heterocycles. The fourth-order valence-electron chi connectivity index (χ4n) is 2.14. The van der Waals surface area contributed by atoms with Gasteiger partial charge in [0.25, 0.3) is 0 Å². The van der Waals surface area contributed by atoms with Crippen LogP contribution in [0.5, 0.6) is 0 Å². The summed E-state index contributed by atoms with van der Waals surface area (Å²) in [6.45, 7) is 1.81. The number of carbonyl (C=O) groups is 2. The van der Waals surface area contributed by atoms with E-state index in [0.29, 0.717) is 10.2 Å². The van der Waals surface area contributed by atoms with Gasteiger partial charge in [0.05, 0.1) is 18.0 Å². The number of aromatic nitrogens is 2. The Morgan fingerprint density at radius 1 is 1.48 bits per heavy atom. The van der Waals surface area contributed by atoms with Crippen LogP contribution in [0.4, 0.5) is 0 Å². The molecule has 0 saturated heterocycles. The third-order valence-electron chi connectivity index (χ3n) is 3.40. The molecule has 0 aliphatic rings. The summed E-state index contributed by atoms with van der Waals surface area (Å²) in [7, 11) is 1.38. The highest BCUT2D eigenvalue weighted by atomic mass is 35.5. The molecule has 2 N–H and O–H groups in total. The zero-order valence-corrected chi connectivity index (χ0v) is 15.3. The number of nitrogens with one attached hydrogen (secondary N) is 1. The number of imidazole rings is 1. The average molecular weight is 384 g/mol. The van der Waals surface area contributed by atoms with Crippen LogP contribution < -0.4 is 5.32 Å². The molecule has 1 unspecified atom stereocenters. The zero-order chi connectivity index (χ0) is 18.4. The second kappa shape index (κ2) is 8.89. The Hall–Kier alpha value is -2.03. The van der Waals surface area contributed by atoms with Crippen molar-refractivity contribution < 1.29 is 19.4 Å². The fraction of sp³-hybridized carbons (Fsp3) is 0.312. The number of hydrogen-bond acceptors (Lipinski definition) is 5. The third kappa shape index (κ3) is 4.97. The van der Waals surface area contributed by atoms with Crippen LogP contribution >= 0.6 is 23.4 Å². The Labute approximate surface area is 154 Å². The lowest BCUT2D eigenvalue weighted by atomic mass is 10.2. The van der Waals surface area contributed by atoms with Gasteiger partial charge in [0.1, 0.15) is 0 Å². The molecule has 1 amide bonds. The van der Waals surface area contributed by atoms with Crippen molar-refractivity contribution in [3.63, 3.8) is 0 Å². The Balaban J connectivity index is 2.05. The lowest BCUT2D eigenvalue weighted by Crippen LogP contribution is -2.44. The van der Waals surface area contributed by atoms with E-state index in [4.69, 9.17) is 21.4 Å². The quantitative estimate of drug-likeness (QED) is 0.678. The van der Waals surface area contributed by atoms with E-state index in [-0.39, 0.29) is 12.4 Å². The molecular weight excluding hydrogens is 366 g/mol. The van der Waals surface area contributed by atoms with Crippen molar-refractivity contribution in [3.8, 4) is 5.69 Å². The number of carboxylic acids is 1. The number of rotatable bonds is 8. The predicted octanol–water partition coefficient (Wildman–Crippen LogP) is 2.14. The molecule has 0 radical (unpaired) electrons. The molecule has 0 bridgehead atoms. The molecule has 1 heterocycles. The number of hydrogen-bond donors (Lipinski definition) is 2. The van der Waals surface area contributed by atoms with Crippen LogP contribution in [0, 0.1) is 6.92 Å². The summed E-state index contributed by atoms with van der Waals surface area (Å²) in [5, 5.41) is 12.7. The number of methoxy groups -OCH3 is 1. The van der Waals surface area contributed by atoms with Gasteiger partial charge >= 0.3 is 5.97 Å². The smallest absolute Gasteiger partial charge is 0.328 e. The largest absolute Gasteiger partial charge is 0.480 e. The van der Waals surface area contributed by atoms with Crippen LogP contribution in [-0.2, 0) is 14.3 Å². The van der Waals surface area contributed by atoms with Crippen LogP contribution in [0.2, 0.25) is 5.02 Å². The SMILES string of the molecule is COCC(NC(=O)CSc1nccn1-c1cccc(Cl)c1C)C(=O)O. The number of carbonyl (C=O) groups excluding carboxylic acids is 1. The molecule has 0 fully saturated rings. The molecule has 134 valence electrons. The second-order valence-corrected chi connectivity index (χ2v) is 6.52. The summed E-state index contributed by atoms with van der Waals surface area (Å²) in [5.74, 6) is -1.52. The second-order valence-electron chi connectivity index (χ2n) is 5.17. The van der Waals surface area contributed by atoms with E-state index in [2.05, 4.69) is 10.3 Å². The molecule has 0 aliphatic heterocycles. The molecule has 25 heavy (non-hydrogen) atoms. The van der Waals surface area contributed by atoms with Crippen molar-refractivity contribution in [1.82, 2.24) is 14.9 Å². The number of ether oxygens (including phenoxy) is 1. The van der Waals surface area contributed by atoms with Gasteiger partial charge in [0.15, 0.2) is 11.2 Å². The van der Waals surface area contributed by atoms with Crippen LogP contribution in [0.1, 0.15) is 5.56 Å². The number of nitrogens with zero attached hydrogens (tertiary/aromatic N) is 2. The van der Waals surface area contributed by atoms with Gasteiger partial charge in [-0.3, -0.25) is 9.36 Å². The van der Waals surface area contributed by atoms with Crippen molar-refractivity contribution in [3.05, 3.63) is 41.2 Å². The minimum absolute atomic E-state index is 0.0319. The predicted molar refractivity (Wildman–Crippen MR) is 95.5 cm³/mol. The zero-order valence-electron chi connectivity index (χ0n) is 13.7. The summed E-state index contributed by atoms with van der Waals surface area (Å²) in [5.41, 5.74) is 1.77. The summed E-state index contributed by atoms with van der Waals surface area (Å²) in [4.78, 5) is 27.3. The standard InChI is InChI=1S/C16H18ClN3O4S/c1-10-11(17)4-3-5-13(10)20-7-6-18-16(20)25-9-14(21)19-12(8-24-2)15(22)23/h3-7,12H,8-9H2,1-2H3,(H,19,21)(H,22,23). The van der Waals surface area contributed by atoms with Crippen molar-refractivity contribution >= 4 is 35.2 Å². The van der Waals surface area contributed by atoms with Gasteiger partial charge in [0, 0.05) is 24.5 Å². The summed E-state index contributed by atoms with van der Waals surface area (Å²) in [6, 6.07) is 4.48. The van der Waals surface area contributed by atoms with Crippen molar-refractivity contribution in [1.29, 1.82) is 0 Å². The molecule has 1 aromatic carbocycles. The van der Waals surface area contributed by atoms with E-state index < -0.39 is 17.9 Å². The van der Waals surface area contributed by atoms with Gasteiger partial charge < -0.3 is 15.2 Å². The van der Waals surface area contributed by atoms with E-state index in [9.17, 15) is 9.59 Å². The molecule has 0 spiro atoms. The Morgan fingerprint density at radius 2 is 2.24 bits per heavy atom. The number of thioether (sulfide) groups is 1. The topological polar surface area (TPSA) is 93.5 Å². The fourth-order valence-corrected chi connectivity index (χ4v) is 3.09. The van der Waals surface area contributed by atoms with Gasteiger partial charge in [-0.05, 0) is 24.6 Å². The maximum absolute atomic E-state index is 12.0. The maximum Gasteiger partial charge on any atom is 0.328 e. The Kier molecular flexibility index (Phi) is 6.86. The molecule has 0 saturated carbocycles. The van der Waals surface area contributed by atoms with Crippen molar-refractivity contribution in [2.75, 3.05) is 19.5 Å². The molecular formula is C16H18ClN3O4S. The van der Waals surface area contributed by atoms with Gasteiger partial charge in [-0.2, -0.15) is 0 Å². The Bertz CT molecular complexity index is 766. The van der Waals surface area contributed by atoms with Crippen LogP contribution in [0.15, 0.2) is 35.7 Å². The first-order valence-electron chi connectivity index (χ1n) is 7.36. The monoisotopic (exact) mass is 383 g/mol. The van der Waals surface area contributed by atoms with E-state index in [1.54, 1.807) is 18.5 Å². The maximum atomic E-state index is 12.0. The molecule has 1 atom stereocenters. The number of carboxylic acid groups (broad SMARTS) is 1. The Morgan fingerprint density at radius 3 is 2.92 bits per heavy atom. The van der Waals surface area contributed by atoms with Crippen molar-refractivity contribution in [2.45, 2.75) is 18.1 Å². The summed E-state index contributed by atoms with van der Waals surface area (Å²) < 4.78 is 6.62. The molecule has 2 aromatic rings. The van der Waals surface area contributed by atoms with Crippen LogP contribution in [-0.4, -0.2) is 52.0 Å². The first-order valence-corrected chi connectivity index (χ1v) is 8.73. The van der Waals surface area contributed by atoms with Crippen LogP contribution in [0.3, 0.4) is 0 Å². The highest BCUT2D eigenvalue weighted by Gasteiger charge is 2.20. The third-order valence-corrected chi connectivity index (χ3v) is 4.78. The number of aliphatic carboxylic acids is 1. The summed E-state index contributed by atoms with van der Waals surface area (Å²) in [6.07, 6.45) is 3.41. The van der Waals surface area contributed by atoms with Gasteiger partial charge in [-0.25, -0.2) is 9.78 Å². The van der Waals surface area contributed by atoms with E-state index >= 15 is 0 Å². The minimum Gasteiger partial charge on any atom is -0.480 e. The number of amides is 1. The van der Waals surface area contributed by atoms with E-state index in [1.165, 1.54) is 18.9 Å². The van der Waals surface area contributed by atoms with E-state index in [0.717, 1.165) is 11.3 Å². The molecule has 7 nitrogen and oxygen atoms in total. The summed E-state index contributed by atoms with van der Waals surface area (Å²) >= 11 is 7.36. The molecule has 9 heteroatoms. The minimum atomic E-state index is -1.14. The van der Waals surface area contributed by atoms with Gasteiger partial charge in [0.2, 0.25) is 5.91 Å². The van der Waals surface area contributed by atoms with Crippen LogP contribution in [0.25, 0.3) is 5.69 Å². The first kappa shape index (κ1) is 19.3. The lowest BCUT2D eigenvalue weighted by Gasteiger charge is -2.14. The average Bonchev–Trinajstić information content (AvgIpc) is 3.03. The molecule has 2 rings (SSSR count). The van der Waals surface area contributed by atoms with Gasteiger partial charge in [-0.15, -0.1) is 0 Å². The number of benzene rings is 1. The highest BCUT2D eigenvalue weighted by Crippen LogP contribution is 2.26. The van der Waals surface area contributed by atoms with E-state index in [1.807, 2.05) is 23.6 Å². The normalized spacial score (nSPS) is 12.0. The molecule has 0 aliphatic carbocycles. The first-order chi connectivity index (χ1) is 11.9.